The second-order valence-corrected chi connectivity index (χ2v) is 14.0. The first-order valence-electron chi connectivity index (χ1n) is 13.5. The predicted molar refractivity (Wildman–Crippen MR) is 154 cm³/mol. The first-order valence-corrected chi connectivity index (χ1v) is 16.9. The van der Waals surface area contributed by atoms with E-state index in [0.717, 1.165) is 36.0 Å². The summed E-state index contributed by atoms with van der Waals surface area (Å²) in [6.07, 6.45) is 4.60. The van der Waals surface area contributed by atoms with E-state index in [-0.39, 0.29) is 18.4 Å². The Kier molecular flexibility index (Phi) is 9.64. The molecule has 1 aliphatic carbocycles. The number of hydrogen-bond acceptors (Lipinski definition) is 7. The molecule has 0 radical (unpaired) electrons. The van der Waals surface area contributed by atoms with Crippen molar-refractivity contribution in [1.82, 2.24) is 14.6 Å². The maximum atomic E-state index is 13.0. The zero-order chi connectivity index (χ0) is 28.2. The third kappa shape index (κ3) is 7.37. The number of rotatable bonds is 14. The van der Waals surface area contributed by atoms with Crippen molar-refractivity contribution in [2.75, 3.05) is 33.0 Å². The number of hydrogen-bond donors (Lipinski definition) is 2. The number of amides is 1. The van der Waals surface area contributed by atoms with Gasteiger partial charge in [-0.3, -0.25) is 9.36 Å². The highest BCUT2D eigenvalue weighted by molar-refractivity contribution is 7.69. The van der Waals surface area contributed by atoms with Crippen molar-refractivity contribution in [3.63, 3.8) is 0 Å². The lowest BCUT2D eigenvalue weighted by atomic mass is 10.0. The number of fused-ring (bicyclic) bond motifs is 1. The van der Waals surface area contributed by atoms with E-state index in [1.54, 1.807) is 13.7 Å². The molecule has 1 unspecified atom stereocenters. The second-order valence-electron chi connectivity index (χ2n) is 10.2. The molecule has 0 bridgehead atoms. The van der Waals surface area contributed by atoms with Gasteiger partial charge in [0.2, 0.25) is 16.6 Å². The number of aromatic nitrogens is 1. The lowest BCUT2D eigenvalue weighted by molar-refractivity contribution is 0.0964. The fourth-order valence-electron chi connectivity index (χ4n) is 4.81. The van der Waals surface area contributed by atoms with Crippen molar-refractivity contribution in [2.45, 2.75) is 58.4 Å². The zero-order valence-corrected chi connectivity index (χ0v) is 24.9. The number of furan rings is 1. The Balaban J connectivity index is 1.60. The fourth-order valence-corrected chi connectivity index (χ4v) is 6.83. The maximum absolute atomic E-state index is 13.0. The Hall–Kier alpha value is -2.52. The standard InChI is InChI=1S/C28H38N3O6PS/c1-5-36-38(4,33)16-8-6-7-15-31(39(34)35)18-24-22(20-13-14-20)17-23-25(27(32)29-3)26(37-28(23)30-24)21-11-9-19(2)10-12-21/h9-12,17,20,39H,5-8,13-16,18H2,1-4H3,(H,29,32). The number of carbonyl (C=O) groups is 1. The molecule has 1 aromatic carbocycles. The highest BCUT2D eigenvalue weighted by Crippen LogP contribution is 2.45. The van der Waals surface area contributed by atoms with Gasteiger partial charge in [0, 0.05) is 32.0 Å². The first-order chi connectivity index (χ1) is 18.6. The van der Waals surface area contributed by atoms with E-state index in [4.69, 9.17) is 13.9 Å². The molecule has 11 heteroatoms. The molecule has 0 aliphatic heterocycles. The Labute approximate surface area is 231 Å². The van der Waals surface area contributed by atoms with Gasteiger partial charge in [-0.2, -0.15) is 4.31 Å². The highest BCUT2D eigenvalue weighted by atomic mass is 32.2. The van der Waals surface area contributed by atoms with Crippen LogP contribution in [0.3, 0.4) is 0 Å². The predicted octanol–water partition coefficient (Wildman–Crippen LogP) is 5.48. The van der Waals surface area contributed by atoms with E-state index in [0.29, 0.717) is 60.3 Å². The SMILES string of the molecule is CCOP(C)(=O)CCCCCN(Cc1nc2oc(-c3ccc(C)cc3)c(C(=O)NC)c2cc1C1CC1)[SH](=O)=O. The molecule has 0 saturated heterocycles. The van der Waals surface area contributed by atoms with Crippen LogP contribution in [0.5, 0.6) is 0 Å². The molecule has 3 aromatic rings. The van der Waals surface area contributed by atoms with Crippen LogP contribution in [0, 0.1) is 6.92 Å². The third-order valence-electron chi connectivity index (χ3n) is 7.03. The minimum atomic E-state index is -2.83. The molecule has 1 N–H and O–H groups in total. The molecular weight excluding hydrogens is 537 g/mol. The van der Waals surface area contributed by atoms with Crippen molar-refractivity contribution >= 4 is 35.3 Å². The van der Waals surface area contributed by atoms with Crippen molar-refractivity contribution in [2.24, 2.45) is 0 Å². The van der Waals surface area contributed by atoms with Crippen LogP contribution in [0.15, 0.2) is 34.7 Å². The van der Waals surface area contributed by atoms with E-state index < -0.39 is 18.3 Å². The van der Waals surface area contributed by atoms with Gasteiger partial charge in [0.15, 0.2) is 7.37 Å². The van der Waals surface area contributed by atoms with Crippen LogP contribution in [0.25, 0.3) is 22.4 Å². The summed E-state index contributed by atoms with van der Waals surface area (Å²) in [4.78, 5) is 17.7. The number of pyridine rings is 1. The van der Waals surface area contributed by atoms with E-state index in [9.17, 15) is 17.8 Å². The van der Waals surface area contributed by atoms with E-state index >= 15 is 0 Å². The van der Waals surface area contributed by atoms with Crippen LogP contribution in [0.1, 0.15) is 72.1 Å². The van der Waals surface area contributed by atoms with Crippen LogP contribution in [0.4, 0.5) is 0 Å². The quantitative estimate of drug-likeness (QED) is 0.148. The van der Waals surface area contributed by atoms with Gasteiger partial charge >= 0.3 is 0 Å². The summed E-state index contributed by atoms with van der Waals surface area (Å²) in [5.41, 5.74) is 4.25. The molecule has 1 fully saturated rings. The molecule has 2 heterocycles. The summed E-state index contributed by atoms with van der Waals surface area (Å²) in [6.45, 7) is 6.38. The summed E-state index contributed by atoms with van der Waals surface area (Å²) in [5.74, 6) is 0.476. The highest BCUT2D eigenvalue weighted by Gasteiger charge is 2.31. The number of carbonyl (C=O) groups excluding carboxylic acids is 1. The van der Waals surface area contributed by atoms with E-state index in [1.807, 2.05) is 44.2 Å². The molecule has 39 heavy (non-hydrogen) atoms. The van der Waals surface area contributed by atoms with Crippen LogP contribution < -0.4 is 5.32 Å². The molecule has 1 saturated carbocycles. The number of nitrogens with one attached hydrogen (secondary N) is 1. The minimum absolute atomic E-state index is 0.140. The zero-order valence-electron chi connectivity index (χ0n) is 23.1. The Morgan fingerprint density at radius 3 is 2.54 bits per heavy atom. The van der Waals surface area contributed by atoms with Crippen molar-refractivity contribution in [3.05, 3.63) is 52.7 Å². The summed E-state index contributed by atoms with van der Waals surface area (Å²) in [5, 5.41) is 3.35. The molecule has 212 valence electrons. The van der Waals surface area contributed by atoms with Crippen molar-refractivity contribution in [1.29, 1.82) is 0 Å². The molecule has 1 atom stereocenters. The lowest BCUT2D eigenvalue weighted by Gasteiger charge is -2.17. The largest absolute Gasteiger partial charge is 0.437 e. The third-order valence-corrected chi connectivity index (χ3v) is 9.76. The lowest BCUT2D eigenvalue weighted by Crippen LogP contribution is -2.24. The molecule has 1 aliphatic rings. The average Bonchev–Trinajstić information content (AvgIpc) is 3.67. The smallest absolute Gasteiger partial charge is 0.255 e. The molecular formula is C28H38N3O6PS. The topological polar surface area (TPSA) is 119 Å². The molecule has 4 rings (SSSR count). The number of nitrogens with zero attached hydrogens (tertiary/aromatic N) is 2. The number of aryl methyl sites for hydroxylation is 1. The van der Waals surface area contributed by atoms with Crippen LogP contribution >= 0.6 is 7.37 Å². The Morgan fingerprint density at radius 2 is 1.92 bits per heavy atom. The minimum Gasteiger partial charge on any atom is -0.437 e. The number of unbranched alkanes of at least 4 members (excludes halogenated alkanes) is 2. The van der Waals surface area contributed by atoms with Gasteiger partial charge in [-0.15, -0.1) is 0 Å². The maximum Gasteiger partial charge on any atom is 0.255 e. The summed E-state index contributed by atoms with van der Waals surface area (Å²) < 4.78 is 49.5. The average molecular weight is 576 g/mol. The van der Waals surface area contributed by atoms with Gasteiger partial charge in [-0.1, -0.05) is 36.2 Å². The molecule has 2 aromatic heterocycles. The van der Waals surface area contributed by atoms with Gasteiger partial charge in [-0.05, 0) is 57.1 Å². The van der Waals surface area contributed by atoms with Gasteiger partial charge in [0.25, 0.3) is 5.91 Å². The van der Waals surface area contributed by atoms with E-state index in [1.165, 1.54) is 4.31 Å². The Bertz CT molecular complexity index is 1440. The van der Waals surface area contributed by atoms with Gasteiger partial charge in [0.1, 0.15) is 5.76 Å². The summed E-state index contributed by atoms with van der Waals surface area (Å²) in [7, 11) is -3.82. The van der Waals surface area contributed by atoms with Crippen molar-refractivity contribution < 1.29 is 26.7 Å². The first kappa shape index (κ1) is 29.5. The molecule has 1 amide bonds. The van der Waals surface area contributed by atoms with Crippen LogP contribution in [-0.2, 0) is 26.5 Å². The van der Waals surface area contributed by atoms with Crippen LogP contribution in [-0.4, -0.2) is 56.6 Å². The molecule has 9 nitrogen and oxygen atoms in total. The van der Waals surface area contributed by atoms with Gasteiger partial charge in [0.05, 0.1) is 29.8 Å². The van der Waals surface area contributed by atoms with Gasteiger partial charge in [-0.25, -0.2) is 13.4 Å². The van der Waals surface area contributed by atoms with E-state index in [2.05, 4.69) is 5.32 Å². The number of benzene rings is 1. The summed E-state index contributed by atoms with van der Waals surface area (Å²) >= 11 is 0. The van der Waals surface area contributed by atoms with Crippen LogP contribution in [0.2, 0.25) is 0 Å². The second kappa shape index (κ2) is 12.8. The van der Waals surface area contributed by atoms with Crippen molar-refractivity contribution in [3.8, 4) is 11.3 Å². The van der Waals surface area contributed by atoms with Gasteiger partial charge < -0.3 is 14.3 Å². The normalized spacial score (nSPS) is 15.2. The Morgan fingerprint density at radius 1 is 1.21 bits per heavy atom. The summed E-state index contributed by atoms with van der Waals surface area (Å²) in [6, 6.07) is 9.71. The monoisotopic (exact) mass is 575 g/mol. The number of thiol groups is 1. The fraction of sp³-hybridized carbons (Fsp3) is 0.500. The molecule has 0 spiro atoms.